The number of halogens is 1. The molecule has 2 aromatic rings. The van der Waals surface area contributed by atoms with Gasteiger partial charge in [-0.25, -0.2) is 9.59 Å². The Morgan fingerprint density at radius 1 is 1.13 bits per heavy atom. The van der Waals surface area contributed by atoms with E-state index in [4.69, 9.17) is 4.74 Å². The molecule has 23 heavy (non-hydrogen) atoms. The van der Waals surface area contributed by atoms with Crippen LogP contribution in [-0.4, -0.2) is 18.6 Å². The third-order valence-electron chi connectivity index (χ3n) is 3.09. The summed E-state index contributed by atoms with van der Waals surface area (Å²) in [6.45, 7) is 3.94. The van der Waals surface area contributed by atoms with E-state index in [9.17, 15) is 9.59 Å². The summed E-state index contributed by atoms with van der Waals surface area (Å²) in [4.78, 5) is 24.0. The van der Waals surface area contributed by atoms with Gasteiger partial charge in [0.1, 0.15) is 0 Å². The smallest absolute Gasteiger partial charge is 0.340 e. The topological polar surface area (TPSA) is 67.4 Å². The number of ether oxygens (including phenoxy) is 1. The first kappa shape index (κ1) is 17.0. The third kappa shape index (κ3) is 4.56. The molecule has 2 aromatic carbocycles. The summed E-state index contributed by atoms with van der Waals surface area (Å²) in [6, 6.07) is 11.8. The van der Waals surface area contributed by atoms with Gasteiger partial charge < -0.3 is 15.4 Å². The Morgan fingerprint density at radius 2 is 1.87 bits per heavy atom. The van der Waals surface area contributed by atoms with Crippen molar-refractivity contribution in [2.45, 2.75) is 13.8 Å². The third-order valence-corrected chi connectivity index (χ3v) is 3.98. The van der Waals surface area contributed by atoms with Crippen molar-refractivity contribution in [3.8, 4) is 0 Å². The van der Waals surface area contributed by atoms with E-state index < -0.39 is 12.0 Å². The first-order valence-corrected chi connectivity index (χ1v) is 7.91. The van der Waals surface area contributed by atoms with Gasteiger partial charge in [0.25, 0.3) is 0 Å². The number of urea groups is 1. The van der Waals surface area contributed by atoms with Crippen LogP contribution in [0.15, 0.2) is 46.9 Å². The van der Waals surface area contributed by atoms with Crippen molar-refractivity contribution in [2.75, 3.05) is 17.2 Å². The Balaban J connectivity index is 2.11. The van der Waals surface area contributed by atoms with Gasteiger partial charge in [0.05, 0.1) is 17.9 Å². The molecule has 0 saturated heterocycles. The zero-order valence-corrected chi connectivity index (χ0v) is 14.4. The zero-order valence-electron chi connectivity index (χ0n) is 12.9. The maximum atomic E-state index is 12.1. The Bertz CT molecular complexity index is 732. The average Bonchev–Trinajstić information content (AvgIpc) is 2.51. The molecular weight excluding hydrogens is 360 g/mol. The van der Waals surface area contributed by atoms with E-state index in [-0.39, 0.29) is 6.61 Å². The zero-order chi connectivity index (χ0) is 16.8. The Hall–Kier alpha value is -2.34. The standard InChI is InChI=1S/C17H17BrN2O3/c1-3-23-16(21)13-6-4-5-7-15(13)20-17(22)19-12-8-9-14(18)11(2)10-12/h4-10H,3H2,1-2H3,(H2,19,20,22). The fourth-order valence-electron chi connectivity index (χ4n) is 1.99. The molecule has 2 N–H and O–H groups in total. The predicted molar refractivity (Wildman–Crippen MR) is 93.9 cm³/mol. The van der Waals surface area contributed by atoms with Gasteiger partial charge >= 0.3 is 12.0 Å². The largest absolute Gasteiger partial charge is 0.462 e. The molecule has 0 atom stereocenters. The summed E-state index contributed by atoms with van der Waals surface area (Å²) in [5.41, 5.74) is 2.39. The molecule has 0 radical (unpaired) electrons. The van der Waals surface area contributed by atoms with Gasteiger partial charge in [-0.1, -0.05) is 28.1 Å². The highest BCUT2D eigenvalue weighted by atomic mass is 79.9. The minimum Gasteiger partial charge on any atom is -0.462 e. The van der Waals surface area contributed by atoms with E-state index in [1.807, 2.05) is 19.1 Å². The number of hydrogen-bond acceptors (Lipinski definition) is 3. The minimum atomic E-state index is -0.470. The number of esters is 1. The highest BCUT2D eigenvalue weighted by Crippen LogP contribution is 2.21. The Labute approximate surface area is 143 Å². The number of aryl methyl sites for hydroxylation is 1. The summed E-state index contributed by atoms with van der Waals surface area (Å²) in [7, 11) is 0. The van der Waals surface area contributed by atoms with Crippen LogP contribution in [0.2, 0.25) is 0 Å². The lowest BCUT2D eigenvalue weighted by molar-refractivity contribution is 0.0527. The molecule has 2 amide bonds. The molecule has 0 heterocycles. The second-order valence-electron chi connectivity index (χ2n) is 4.81. The summed E-state index contributed by atoms with van der Waals surface area (Å²) >= 11 is 3.41. The molecule has 6 heteroatoms. The van der Waals surface area contributed by atoms with Crippen molar-refractivity contribution in [1.82, 2.24) is 0 Å². The first-order chi connectivity index (χ1) is 11.0. The fourth-order valence-corrected chi connectivity index (χ4v) is 2.23. The number of hydrogen-bond donors (Lipinski definition) is 2. The van der Waals surface area contributed by atoms with Crippen molar-refractivity contribution in [2.24, 2.45) is 0 Å². The average molecular weight is 377 g/mol. The van der Waals surface area contributed by atoms with Crippen LogP contribution in [0, 0.1) is 6.92 Å². The highest BCUT2D eigenvalue weighted by Gasteiger charge is 2.14. The number of anilines is 2. The molecule has 0 aliphatic carbocycles. The monoisotopic (exact) mass is 376 g/mol. The Morgan fingerprint density at radius 3 is 2.57 bits per heavy atom. The van der Waals surface area contributed by atoms with Gasteiger partial charge in [0.15, 0.2) is 0 Å². The lowest BCUT2D eigenvalue weighted by Crippen LogP contribution is -2.21. The molecule has 0 unspecified atom stereocenters. The van der Waals surface area contributed by atoms with E-state index in [0.29, 0.717) is 16.9 Å². The van der Waals surface area contributed by atoms with Gasteiger partial charge in [0.2, 0.25) is 0 Å². The van der Waals surface area contributed by atoms with Crippen molar-refractivity contribution >= 4 is 39.3 Å². The SMILES string of the molecule is CCOC(=O)c1ccccc1NC(=O)Nc1ccc(Br)c(C)c1. The maximum absolute atomic E-state index is 12.1. The number of carbonyl (C=O) groups is 2. The van der Waals surface area contributed by atoms with E-state index in [0.717, 1.165) is 10.0 Å². The van der Waals surface area contributed by atoms with Crippen molar-refractivity contribution < 1.29 is 14.3 Å². The van der Waals surface area contributed by atoms with Crippen molar-refractivity contribution in [3.63, 3.8) is 0 Å². The van der Waals surface area contributed by atoms with Crippen LogP contribution in [-0.2, 0) is 4.74 Å². The van der Waals surface area contributed by atoms with Crippen LogP contribution in [0.4, 0.5) is 16.2 Å². The Kier molecular flexibility index (Phi) is 5.76. The van der Waals surface area contributed by atoms with Gasteiger partial charge in [-0.3, -0.25) is 0 Å². The molecule has 5 nitrogen and oxygen atoms in total. The molecule has 2 rings (SSSR count). The van der Waals surface area contributed by atoms with Gasteiger partial charge in [-0.2, -0.15) is 0 Å². The number of para-hydroxylation sites is 1. The fraction of sp³-hybridized carbons (Fsp3) is 0.176. The molecule has 0 bridgehead atoms. The molecule has 0 spiro atoms. The number of amides is 2. The first-order valence-electron chi connectivity index (χ1n) is 7.11. The van der Waals surface area contributed by atoms with Crippen LogP contribution < -0.4 is 10.6 Å². The summed E-state index contributed by atoms with van der Waals surface area (Å²) < 4.78 is 5.95. The molecule has 0 aliphatic heterocycles. The number of carbonyl (C=O) groups excluding carboxylic acids is 2. The minimum absolute atomic E-state index is 0.275. The van der Waals surface area contributed by atoms with Crippen LogP contribution in [0.25, 0.3) is 0 Å². The predicted octanol–water partition coefficient (Wildman–Crippen LogP) is 4.58. The quantitative estimate of drug-likeness (QED) is 0.767. The van der Waals surface area contributed by atoms with Gasteiger partial charge in [-0.15, -0.1) is 0 Å². The van der Waals surface area contributed by atoms with Gasteiger partial charge in [-0.05, 0) is 49.7 Å². The summed E-state index contributed by atoms with van der Waals surface area (Å²) in [5.74, 6) is -0.470. The van der Waals surface area contributed by atoms with Gasteiger partial charge in [0, 0.05) is 10.2 Å². The van der Waals surface area contributed by atoms with Crippen molar-refractivity contribution in [3.05, 3.63) is 58.1 Å². The van der Waals surface area contributed by atoms with Crippen LogP contribution >= 0.6 is 15.9 Å². The van der Waals surface area contributed by atoms with E-state index >= 15 is 0 Å². The molecule has 0 fully saturated rings. The molecule has 0 aromatic heterocycles. The lowest BCUT2D eigenvalue weighted by Gasteiger charge is -2.12. The molecule has 120 valence electrons. The highest BCUT2D eigenvalue weighted by molar-refractivity contribution is 9.10. The van der Waals surface area contributed by atoms with Crippen LogP contribution in [0.5, 0.6) is 0 Å². The summed E-state index contributed by atoms with van der Waals surface area (Å²) in [6.07, 6.45) is 0. The van der Waals surface area contributed by atoms with E-state index in [1.165, 1.54) is 0 Å². The van der Waals surface area contributed by atoms with Crippen molar-refractivity contribution in [1.29, 1.82) is 0 Å². The summed E-state index contributed by atoms with van der Waals surface area (Å²) in [5, 5.41) is 5.40. The van der Waals surface area contributed by atoms with Crippen LogP contribution in [0.1, 0.15) is 22.8 Å². The molecule has 0 saturated carbocycles. The number of benzene rings is 2. The normalized spacial score (nSPS) is 10.0. The molecular formula is C17H17BrN2O3. The molecule has 0 aliphatic rings. The second kappa shape index (κ2) is 7.78. The number of nitrogens with one attached hydrogen (secondary N) is 2. The van der Waals surface area contributed by atoms with E-state index in [2.05, 4.69) is 26.6 Å². The van der Waals surface area contributed by atoms with E-state index in [1.54, 1.807) is 37.3 Å². The lowest BCUT2D eigenvalue weighted by atomic mass is 10.2. The van der Waals surface area contributed by atoms with Crippen LogP contribution in [0.3, 0.4) is 0 Å². The second-order valence-corrected chi connectivity index (χ2v) is 5.66. The maximum Gasteiger partial charge on any atom is 0.340 e. The number of rotatable bonds is 4.